The average Bonchev–Trinajstić information content (AvgIpc) is 3.41. The molecular formula is C19H17N7O3S. The number of thiophene rings is 1. The first kappa shape index (κ1) is 19.5. The molecule has 0 spiro atoms. The highest BCUT2D eigenvalue weighted by molar-refractivity contribution is 7.16. The molecule has 0 fully saturated rings. The quantitative estimate of drug-likeness (QED) is 0.367. The first-order valence-corrected chi connectivity index (χ1v) is 9.87. The first-order valence-electron chi connectivity index (χ1n) is 8.99. The highest BCUT2D eigenvalue weighted by Gasteiger charge is 2.14. The Balaban J connectivity index is 1.39. The summed E-state index contributed by atoms with van der Waals surface area (Å²) in [6, 6.07) is 7.41. The zero-order valence-electron chi connectivity index (χ0n) is 15.9. The van der Waals surface area contributed by atoms with E-state index in [2.05, 4.69) is 35.8 Å². The summed E-state index contributed by atoms with van der Waals surface area (Å²) in [6.45, 7) is 2.37. The number of carbonyl (C=O) groups excluding carboxylic acids is 2. The number of aromatic amines is 2. The molecule has 30 heavy (non-hydrogen) atoms. The third-order valence-electron chi connectivity index (χ3n) is 4.37. The standard InChI is InChI=1S/C19H17N7O3S/c1-10-8-30-19-13(10)16(27)24-15(25-19)18(29)21-7-12-4-2-3-11(5-12)6-20-17(28)14-22-9-23-26-14/h2-5,8-9H,6-7H2,1H3,(H,20,28)(H,21,29)(H,22,23,26)(H,24,25,27). The largest absolute Gasteiger partial charge is 0.345 e. The Labute approximate surface area is 173 Å². The molecule has 4 aromatic rings. The van der Waals surface area contributed by atoms with E-state index in [0.29, 0.717) is 16.8 Å². The second kappa shape index (κ2) is 8.25. The van der Waals surface area contributed by atoms with Gasteiger partial charge in [-0.25, -0.2) is 9.97 Å². The molecule has 0 aliphatic heterocycles. The fourth-order valence-electron chi connectivity index (χ4n) is 2.89. The van der Waals surface area contributed by atoms with Crippen LogP contribution in [0.4, 0.5) is 0 Å². The number of nitrogens with zero attached hydrogens (tertiary/aromatic N) is 3. The van der Waals surface area contributed by atoms with E-state index in [1.807, 2.05) is 36.6 Å². The van der Waals surface area contributed by atoms with Crippen molar-refractivity contribution in [2.75, 3.05) is 0 Å². The number of aryl methyl sites for hydroxylation is 1. The van der Waals surface area contributed by atoms with Crippen LogP contribution in [0.5, 0.6) is 0 Å². The third kappa shape index (κ3) is 4.10. The average molecular weight is 423 g/mol. The van der Waals surface area contributed by atoms with Gasteiger partial charge in [0.1, 0.15) is 11.2 Å². The van der Waals surface area contributed by atoms with E-state index in [-0.39, 0.29) is 29.7 Å². The Morgan fingerprint density at radius 1 is 1.10 bits per heavy atom. The minimum absolute atomic E-state index is 0.0233. The smallest absolute Gasteiger partial charge is 0.288 e. The normalized spacial score (nSPS) is 10.8. The molecule has 0 unspecified atom stereocenters. The Hall–Kier alpha value is -3.86. The van der Waals surface area contributed by atoms with Crippen molar-refractivity contribution < 1.29 is 9.59 Å². The fourth-order valence-corrected chi connectivity index (χ4v) is 3.81. The number of fused-ring (bicyclic) bond motifs is 1. The molecule has 3 heterocycles. The fraction of sp³-hybridized carbons (Fsp3) is 0.158. The van der Waals surface area contributed by atoms with E-state index in [9.17, 15) is 14.4 Å². The van der Waals surface area contributed by atoms with Crippen molar-refractivity contribution >= 4 is 33.4 Å². The number of H-pyrrole nitrogens is 2. The number of nitrogens with one attached hydrogen (secondary N) is 4. The van der Waals surface area contributed by atoms with Gasteiger partial charge >= 0.3 is 0 Å². The molecule has 0 atom stereocenters. The summed E-state index contributed by atoms with van der Waals surface area (Å²) in [5.41, 5.74) is 2.21. The molecular weight excluding hydrogens is 406 g/mol. The highest BCUT2D eigenvalue weighted by atomic mass is 32.1. The molecule has 10 nitrogen and oxygen atoms in total. The van der Waals surface area contributed by atoms with Gasteiger partial charge in [-0.2, -0.15) is 5.10 Å². The van der Waals surface area contributed by atoms with Crippen molar-refractivity contribution in [3.63, 3.8) is 0 Å². The topological polar surface area (TPSA) is 146 Å². The van der Waals surface area contributed by atoms with Gasteiger partial charge in [0.15, 0.2) is 0 Å². The van der Waals surface area contributed by atoms with Crippen LogP contribution in [0.15, 0.2) is 40.8 Å². The predicted molar refractivity (Wildman–Crippen MR) is 110 cm³/mol. The molecule has 0 saturated heterocycles. The van der Waals surface area contributed by atoms with Crippen molar-refractivity contribution in [3.05, 3.63) is 74.7 Å². The van der Waals surface area contributed by atoms with E-state index < -0.39 is 5.91 Å². The van der Waals surface area contributed by atoms with Crippen molar-refractivity contribution in [2.24, 2.45) is 0 Å². The molecule has 0 aliphatic rings. The molecule has 11 heteroatoms. The van der Waals surface area contributed by atoms with Crippen molar-refractivity contribution in [1.29, 1.82) is 0 Å². The maximum Gasteiger partial charge on any atom is 0.288 e. The zero-order valence-corrected chi connectivity index (χ0v) is 16.7. The Morgan fingerprint density at radius 3 is 2.47 bits per heavy atom. The van der Waals surface area contributed by atoms with Gasteiger partial charge in [-0.1, -0.05) is 24.3 Å². The van der Waals surface area contributed by atoms with Crippen LogP contribution in [-0.2, 0) is 13.1 Å². The minimum atomic E-state index is -0.468. The molecule has 4 rings (SSSR count). The molecule has 4 N–H and O–H groups in total. The van der Waals surface area contributed by atoms with Gasteiger partial charge in [0.25, 0.3) is 17.4 Å². The monoisotopic (exact) mass is 423 g/mol. The van der Waals surface area contributed by atoms with Crippen molar-refractivity contribution in [3.8, 4) is 0 Å². The van der Waals surface area contributed by atoms with Gasteiger partial charge in [0, 0.05) is 13.1 Å². The SMILES string of the molecule is Cc1csc2nc(C(=O)NCc3cccc(CNC(=O)c4ncn[nH]4)c3)[nH]c(=O)c12. The number of benzene rings is 1. The Morgan fingerprint density at radius 2 is 1.80 bits per heavy atom. The molecule has 2 amide bonds. The molecule has 1 aromatic carbocycles. The van der Waals surface area contributed by atoms with E-state index in [1.165, 1.54) is 17.7 Å². The number of hydrogen-bond acceptors (Lipinski definition) is 7. The summed E-state index contributed by atoms with van der Waals surface area (Å²) < 4.78 is 0. The second-order valence-corrected chi connectivity index (χ2v) is 7.39. The van der Waals surface area contributed by atoms with E-state index >= 15 is 0 Å². The van der Waals surface area contributed by atoms with Crippen molar-refractivity contribution in [2.45, 2.75) is 20.0 Å². The van der Waals surface area contributed by atoms with Gasteiger partial charge in [0.2, 0.25) is 11.6 Å². The molecule has 0 bridgehead atoms. The first-order chi connectivity index (χ1) is 14.5. The Kier molecular flexibility index (Phi) is 5.35. The molecule has 0 saturated carbocycles. The minimum Gasteiger partial charge on any atom is -0.345 e. The maximum absolute atomic E-state index is 12.4. The highest BCUT2D eigenvalue weighted by Crippen LogP contribution is 2.19. The predicted octanol–water partition coefficient (Wildman–Crippen LogP) is 1.27. The maximum atomic E-state index is 12.4. The zero-order chi connectivity index (χ0) is 21.1. The summed E-state index contributed by atoms with van der Waals surface area (Å²) in [4.78, 5) is 47.7. The van der Waals surface area contributed by atoms with Gasteiger partial charge in [-0.15, -0.1) is 11.3 Å². The van der Waals surface area contributed by atoms with Gasteiger partial charge in [-0.3, -0.25) is 19.5 Å². The summed E-state index contributed by atoms with van der Waals surface area (Å²) in [5.74, 6) is -0.716. The molecule has 152 valence electrons. The van der Waals surface area contributed by atoms with E-state index in [0.717, 1.165) is 16.7 Å². The van der Waals surface area contributed by atoms with Crippen LogP contribution in [0.2, 0.25) is 0 Å². The molecule has 0 aliphatic carbocycles. The van der Waals surface area contributed by atoms with Crippen LogP contribution in [0.3, 0.4) is 0 Å². The second-order valence-electron chi connectivity index (χ2n) is 6.53. The van der Waals surface area contributed by atoms with Crippen LogP contribution < -0.4 is 16.2 Å². The number of carbonyl (C=O) groups is 2. The van der Waals surface area contributed by atoms with Crippen LogP contribution in [0.1, 0.15) is 37.9 Å². The van der Waals surface area contributed by atoms with Crippen LogP contribution in [0.25, 0.3) is 10.2 Å². The number of aromatic nitrogens is 5. The lowest BCUT2D eigenvalue weighted by atomic mass is 10.1. The van der Waals surface area contributed by atoms with Crippen LogP contribution in [0, 0.1) is 6.92 Å². The number of rotatable bonds is 6. The van der Waals surface area contributed by atoms with Gasteiger partial charge < -0.3 is 15.6 Å². The van der Waals surface area contributed by atoms with Crippen molar-refractivity contribution in [1.82, 2.24) is 35.8 Å². The Bertz CT molecular complexity index is 1280. The number of amides is 2. The third-order valence-corrected chi connectivity index (χ3v) is 5.36. The summed E-state index contributed by atoms with van der Waals surface area (Å²) in [7, 11) is 0. The summed E-state index contributed by atoms with van der Waals surface area (Å²) in [6.07, 6.45) is 1.26. The van der Waals surface area contributed by atoms with Gasteiger partial charge in [0.05, 0.1) is 5.39 Å². The molecule has 3 aromatic heterocycles. The lowest BCUT2D eigenvalue weighted by Gasteiger charge is -2.08. The van der Waals surface area contributed by atoms with Gasteiger partial charge in [-0.05, 0) is 29.0 Å². The number of hydrogen-bond donors (Lipinski definition) is 4. The van der Waals surface area contributed by atoms with Crippen LogP contribution in [-0.4, -0.2) is 37.0 Å². The summed E-state index contributed by atoms with van der Waals surface area (Å²) in [5, 5.41) is 14.0. The van der Waals surface area contributed by atoms with Crippen LogP contribution >= 0.6 is 11.3 Å². The lowest BCUT2D eigenvalue weighted by Crippen LogP contribution is -2.27. The van der Waals surface area contributed by atoms with E-state index in [4.69, 9.17) is 0 Å². The summed E-state index contributed by atoms with van der Waals surface area (Å²) >= 11 is 1.33. The van der Waals surface area contributed by atoms with E-state index in [1.54, 1.807) is 0 Å². The lowest BCUT2D eigenvalue weighted by molar-refractivity contribution is 0.0933. The molecule has 0 radical (unpaired) electrons.